The monoisotopic (exact) mass is 423 g/mol. The van der Waals surface area contributed by atoms with Gasteiger partial charge in [-0.15, -0.1) is 0 Å². The van der Waals surface area contributed by atoms with Crippen LogP contribution in [0.3, 0.4) is 0 Å². The Labute approximate surface area is 182 Å². The van der Waals surface area contributed by atoms with Crippen LogP contribution < -0.4 is 5.32 Å². The summed E-state index contributed by atoms with van der Waals surface area (Å²) in [5.74, 6) is -0.192. The van der Waals surface area contributed by atoms with Crippen LogP contribution in [-0.4, -0.2) is 50.9 Å². The highest BCUT2D eigenvalue weighted by Crippen LogP contribution is 2.14. The van der Waals surface area contributed by atoms with Crippen molar-refractivity contribution >= 4 is 23.0 Å². The first-order valence-electron chi connectivity index (χ1n) is 10.2. The smallest absolute Gasteiger partial charge is 0.173 e. The molecular weight excluding hydrogens is 397 g/mol. The van der Waals surface area contributed by atoms with E-state index in [-0.39, 0.29) is 5.82 Å². The molecule has 1 saturated heterocycles. The van der Waals surface area contributed by atoms with Gasteiger partial charge in [0.25, 0.3) is 0 Å². The van der Waals surface area contributed by atoms with Gasteiger partial charge in [0.15, 0.2) is 5.11 Å². The Morgan fingerprint density at radius 2 is 1.77 bits per heavy atom. The predicted molar refractivity (Wildman–Crippen MR) is 122 cm³/mol. The van der Waals surface area contributed by atoms with Gasteiger partial charge in [-0.2, -0.15) is 5.10 Å². The van der Waals surface area contributed by atoms with Crippen LogP contribution in [0.4, 0.5) is 10.1 Å². The maximum atomic E-state index is 13.1. The number of hydrogen-bond acceptors (Lipinski definition) is 3. The zero-order valence-corrected chi connectivity index (χ0v) is 17.9. The van der Waals surface area contributed by atoms with Gasteiger partial charge in [0.05, 0.1) is 18.4 Å². The van der Waals surface area contributed by atoms with E-state index < -0.39 is 0 Å². The van der Waals surface area contributed by atoms with Crippen molar-refractivity contribution in [2.45, 2.75) is 20.0 Å². The third kappa shape index (κ3) is 5.23. The van der Waals surface area contributed by atoms with Crippen molar-refractivity contribution in [1.82, 2.24) is 19.6 Å². The van der Waals surface area contributed by atoms with Crippen molar-refractivity contribution in [3.8, 4) is 0 Å². The number of rotatable bonds is 5. The number of anilines is 1. The summed E-state index contributed by atoms with van der Waals surface area (Å²) >= 11 is 5.62. The van der Waals surface area contributed by atoms with E-state index in [1.54, 1.807) is 0 Å². The van der Waals surface area contributed by atoms with Gasteiger partial charge in [-0.05, 0) is 48.0 Å². The molecule has 0 bridgehead atoms. The summed E-state index contributed by atoms with van der Waals surface area (Å²) in [7, 11) is 0. The second-order valence-electron chi connectivity index (χ2n) is 7.67. The molecule has 5 nitrogen and oxygen atoms in total. The summed E-state index contributed by atoms with van der Waals surface area (Å²) in [6, 6.07) is 15.1. The van der Waals surface area contributed by atoms with E-state index in [1.807, 2.05) is 35.3 Å². The van der Waals surface area contributed by atoms with E-state index >= 15 is 0 Å². The van der Waals surface area contributed by atoms with E-state index in [1.165, 1.54) is 23.3 Å². The molecule has 2 heterocycles. The van der Waals surface area contributed by atoms with Gasteiger partial charge >= 0.3 is 0 Å². The molecule has 0 amide bonds. The molecule has 4 rings (SSSR count). The van der Waals surface area contributed by atoms with E-state index in [4.69, 9.17) is 12.2 Å². The first-order valence-corrected chi connectivity index (χ1v) is 10.6. The van der Waals surface area contributed by atoms with Gasteiger partial charge in [0.1, 0.15) is 5.82 Å². The van der Waals surface area contributed by atoms with Crippen molar-refractivity contribution < 1.29 is 4.39 Å². The fourth-order valence-corrected chi connectivity index (χ4v) is 3.94. The Morgan fingerprint density at radius 1 is 1.03 bits per heavy atom. The number of halogens is 1. The number of nitrogens with one attached hydrogen (secondary N) is 1. The van der Waals surface area contributed by atoms with Crippen molar-refractivity contribution in [1.29, 1.82) is 0 Å². The minimum absolute atomic E-state index is 0.192. The van der Waals surface area contributed by atoms with Crippen molar-refractivity contribution in [2.24, 2.45) is 0 Å². The predicted octanol–water partition coefficient (Wildman–Crippen LogP) is 3.89. The molecule has 0 spiro atoms. The molecule has 0 unspecified atom stereocenters. The van der Waals surface area contributed by atoms with Crippen molar-refractivity contribution in [3.63, 3.8) is 0 Å². The third-order valence-corrected chi connectivity index (χ3v) is 5.82. The van der Waals surface area contributed by atoms with E-state index in [9.17, 15) is 4.39 Å². The van der Waals surface area contributed by atoms with Crippen LogP contribution in [0.2, 0.25) is 0 Å². The molecule has 1 fully saturated rings. The molecule has 1 N–H and O–H groups in total. The molecule has 1 aromatic heterocycles. The van der Waals surface area contributed by atoms with Gasteiger partial charge in [0.2, 0.25) is 0 Å². The summed E-state index contributed by atoms with van der Waals surface area (Å²) in [4.78, 5) is 4.56. The molecule has 2 aromatic carbocycles. The first-order chi connectivity index (χ1) is 14.6. The number of hydrogen-bond donors (Lipinski definition) is 1. The molecule has 0 saturated carbocycles. The average Bonchev–Trinajstić information content (AvgIpc) is 3.19. The molecule has 156 valence electrons. The van der Waals surface area contributed by atoms with Crippen LogP contribution in [0, 0.1) is 12.7 Å². The normalized spacial score (nSPS) is 14.7. The van der Waals surface area contributed by atoms with E-state index in [2.05, 4.69) is 45.3 Å². The summed E-state index contributed by atoms with van der Waals surface area (Å²) < 4.78 is 15.0. The molecule has 1 aliphatic heterocycles. The second-order valence-corrected chi connectivity index (χ2v) is 8.06. The summed E-state index contributed by atoms with van der Waals surface area (Å²) in [6.45, 7) is 7.26. The first kappa shape index (κ1) is 20.5. The highest BCUT2D eigenvalue weighted by Gasteiger charge is 2.19. The highest BCUT2D eigenvalue weighted by atomic mass is 32.1. The Balaban J connectivity index is 1.26. The number of aromatic nitrogens is 2. The maximum Gasteiger partial charge on any atom is 0.173 e. The largest absolute Gasteiger partial charge is 0.346 e. The lowest BCUT2D eigenvalue weighted by molar-refractivity contribution is 0.177. The van der Waals surface area contributed by atoms with Crippen LogP contribution in [0.5, 0.6) is 0 Å². The number of aryl methyl sites for hydroxylation is 1. The van der Waals surface area contributed by atoms with Gasteiger partial charge in [-0.25, -0.2) is 4.39 Å². The average molecular weight is 424 g/mol. The number of nitrogens with zero attached hydrogens (tertiary/aromatic N) is 4. The molecule has 0 aliphatic carbocycles. The number of thiocarbonyl (C=S) groups is 1. The van der Waals surface area contributed by atoms with E-state index in [0.29, 0.717) is 0 Å². The van der Waals surface area contributed by atoms with Gasteiger partial charge in [0, 0.05) is 38.9 Å². The zero-order chi connectivity index (χ0) is 20.9. The Hall–Kier alpha value is -2.77. The quantitative estimate of drug-likeness (QED) is 0.630. The van der Waals surface area contributed by atoms with Crippen LogP contribution in [0.25, 0.3) is 0 Å². The number of benzene rings is 2. The molecule has 0 atom stereocenters. The van der Waals surface area contributed by atoms with Gasteiger partial charge in [-0.1, -0.05) is 36.4 Å². The highest BCUT2D eigenvalue weighted by molar-refractivity contribution is 7.80. The van der Waals surface area contributed by atoms with Gasteiger partial charge in [-0.3, -0.25) is 9.58 Å². The van der Waals surface area contributed by atoms with Crippen LogP contribution in [0.15, 0.2) is 60.9 Å². The maximum absolute atomic E-state index is 13.1. The Bertz CT molecular complexity index is 993. The zero-order valence-electron chi connectivity index (χ0n) is 17.1. The third-order valence-electron chi connectivity index (χ3n) is 5.46. The lowest BCUT2D eigenvalue weighted by Crippen LogP contribution is -2.49. The van der Waals surface area contributed by atoms with Crippen LogP contribution >= 0.6 is 12.2 Å². The van der Waals surface area contributed by atoms with E-state index in [0.717, 1.165) is 55.6 Å². The minimum atomic E-state index is -0.192. The standard InChI is InChI=1S/C23H26FN5S/c1-18-4-2-3-5-20(18)16-29-17-22(14-25-29)26-23(30)28-12-10-27(11-13-28)15-19-6-8-21(24)9-7-19/h2-9,14,17H,10-13,15-16H2,1H3,(H,26,30). The van der Waals surface area contributed by atoms with Crippen LogP contribution in [-0.2, 0) is 13.1 Å². The Kier molecular flexibility index (Phi) is 6.40. The molecule has 1 aliphatic rings. The lowest BCUT2D eigenvalue weighted by Gasteiger charge is -2.36. The topological polar surface area (TPSA) is 36.3 Å². The van der Waals surface area contributed by atoms with Crippen molar-refractivity contribution in [3.05, 3.63) is 83.4 Å². The fraction of sp³-hybridized carbons (Fsp3) is 0.304. The lowest BCUT2D eigenvalue weighted by atomic mass is 10.1. The minimum Gasteiger partial charge on any atom is -0.346 e. The van der Waals surface area contributed by atoms with Crippen molar-refractivity contribution in [2.75, 3.05) is 31.5 Å². The summed E-state index contributed by atoms with van der Waals surface area (Å²) in [5, 5.41) is 8.50. The second kappa shape index (κ2) is 9.36. The molecule has 0 radical (unpaired) electrons. The Morgan fingerprint density at radius 3 is 2.50 bits per heavy atom. The fourth-order valence-electron chi connectivity index (χ4n) is 3.64. The van der Waals surface area contributed by atoms with Crippen LogP contribution in [0.1, 0.15) is 16.7 Å². The molecule has 30 heavy (non-hydrogen) atoms. The molecule has 7 heteroatoms. The molecular formula is C23H26FN5S. The SMILES string of the molecule is Cc1ccccc1Cn1cc(NC(=S)N2CCN(Cc3ccc(F)cc3)CC2)cn1. The molecule has 3 aromatic rings. The number of piperazine rings is 1. The van der Waals surface area contributed by atoms with Gasteiger partial charge < -0.3 is 10.2 Å². The summed E-state index contributed by atoms with van der Waals surface area (Å²) in [5.41, 5.74) is 4.55. The summed E-state index contributed by atoms with van der Waals surface area (Å²) in [6.07, 6.45) is 3.80.